The van der Waals surface area contributed by atoms with Crippen molar-refractivity contribution in [2.45, 2.75) is 6.04 Å². The van der Waals surface area contributed by atoms with E-state index in [1.807, 2.05) is 6.07 Å². The van der Waals surface area contributed by atoms with Gasteiger partial charge >= 0.3 is 0 Å². The summed E-state index contributed by atoms with van der Waals surface area (Å²) in [6.07, 6.45) is 1.42. The lowest BCUT2D eigenvalue weighted by Gasteiger charge is -2.35. The molecule has 0 atom stereocenters. The van der Waals surface area contributed by atoms with Gasteiger partial charge in [0.05, 0.1) is 11.6 Å². The molecule has 1 aliphatic rings. The second-order valence-electron chi connectivity index (χ2n) is 3.77. The summed E-state index contributed by atoms with van der Waals surface area (Å²) in [6, 6.07) is 5.42. The zero-order valence-corrected chi connectivity index (χ0v) is 8.97. The molecule has 1 aromatic heterocycles. The summed E-state index contributed by atoms with van der Waals surface area (Å²) in [5.41, 5.74) is 0.845. The lowest BCUT2D eigenvalue weighted by Crippen LogP contribution is -2.57. The van der Waals surface area contributed by atoms with Crippen LogP contribution in [0.2, 0.25) is 0 Å². The Morgan fingerprint density at radius 2 is 2.38 bits per heavy atom. The number of nitriles is 1. The van der Waals surface area contributed by atoms with Gasteiger partial charge in [0.25, 0.3) is 5.91 Å². The molecule has 1 aromatic rings. The number of hydrogen-bond acceptors (Lipinski definition) is 4. The zero-order valence-electron chi connectivity index (χ0n) is 8.97. The van der Waals surface area contributed by atoms with E-state index in [2.05, 4.69) is 10.3 Å². The standard InChI is InChI=1S/C11H12N4O/c1-15(9-6-13-7-9)11(16)10-3-2-8(4-12)5-14-10/h2-3,5,9,13H,6-7H2,1H3. The third-order valence-electron chi connectivity index (χ3n) is 2.74. The van der Waals surface area contributed by atoms with Crippen molar-refractivity contribution < 1.29 is 4.79 Å². The van der Waals surface area contributed by atoms with Gasteiger partial charge in [0, 0.05) is 26.3 Å². The molecule has 1 saturated heterocycles. The molecule has 1 aliphatic heterocycles. The third-order valence-corrected chi connectivity index (χ3v) is 2.74. The minimum absolute atomic E-state index is 0.101. The van der Waals surface area contributed by atoms with E-state index in [1.54, 1.807) is 24.1 Å². The Hall–Kier alpha value is -1.93. The van der Waals surface area contributed by atoms with Gasteiger partial charge in [-0.1, -0.05) is 0 Å². The van der Waals surface area contributed by atoms with Crippen molar-refractivity contribution in [1.82, 2.24) is 15.2 Å². The van der Waals surface area contributed by atoms with E-state index in [9.17, 15) is 4.79 Å². The summed E-state index contributed by atoms with van der Waals surface area (Å²) in [5.74, 6) is -0.101. The Balaban J connectivity index is 2.11. The molecule has 0 saturated carbocycles. The molecular weight excluding hydrogens is 204 g/mol. The van der Waals surface area contributed by atoms with Crippen molar-refractivity contribution in [3.05, 3.63) is 29.6 Å². The topological polar surface area (TPSA) is 69.0 Å². The normalized spacial score (nSPS) is 15.0. The molecule has 2 rings (SSSR count). The van der Waals surface area contributed by atoms with Crippen molar-refractivity contribution >= 4 is 5.91 Å². The Kier molecular flexibility index (Phi) is 2.84. The van der Waals surface area contributed by atoms with E-state index >= 15 is 0 Å². The highest BCUT2D eigenvalue weighted by atomic mass is 16.2. The smallest absolute Gasteiger partial charge is 0.272 e. The van der Waals surface area contributed by atoms with Crippen LogP contribution in [0.25, 0.3) is 0 Å². The molecule has 1 fully saturated rings. The van der Waals surface area contributed by atoms with E-state index in [-0.39, 0.29) is 11.9 Å². The predicted molar refractivity (Wildman–Crippen MR) is 57.7 cm³/mol. The van der Waals surface area contributed by atoms with Crippen molar-refractivity contribution in [1.29, 1.82) is 5.26 Å². The molecule has 0 radical (unpaired) electrons. The molecule has 1 N–H and O–H groups in total. The SMILES string of the molecule is CN(C(=O)c1ccc(C#N)cn1)C1CNC1. The summed E-state index contributed by atoms with van der Waals surface area (Å²) in [6.45, 7) is 1.66. The zero-order chi connectivity index (χ0) is 11.5. The average Bonchev–Trinajstić information content (AvgIpc) is 2.26. The molecule has 1 amide bonds. The first-order chi connectivity index (χ1) is 7.72. The van der Waals surface area contributed by atoms with E-state index in [1.165, 1.54) is 6.20 Å². The van der Waals surface area contributed by atoms with Crippen LogP contribution in [0.5, 0.6) is 0 Å². The van der Waals surface area contributed by atoms with Crippen molar-refractivity contribution in [3.63, 3.8) is 0 Å². The van der Waals surface area contributed by atoms with Gasteiger partial charge < -0.3 is 10.2 Å². The van der Waals surface area contributed by atoms with E-state index in [0.717, 1.165) is 13.1 Å². The van der Waals surface area contributed by atoms with Gasteiger partial charge in [-0.2, -0.15) is 5.26 Å². The van der Waals surface area contributed by atoms with Gasteiger partial charge in [-0.3, -0.25) is 4.79 Å². The molecule has 0 aromatic carbocycles. The number of carbonyl (C=O) groups is 1. The van der Waals surface area contributed by atoms with Gasteiger partial charge in [0.2, 0.25) is 0 Å². The van der Waals surface area contributed by atoms with Gasteiger partial charge in [-0.05, 0) is 12.1 Å². The minimum Gasteiger partial charge on any atom is -0.335 e. The highest BCUT2D eigenvalue weighted by Crippen LogP contribution is 2.08. The van der Waals surface area contributed by atoms with E-state index in [0.29, 0.717) is 11.3 Å². The number of likely N-dealkylation sites (N-methyl/N-ethyl adjacent to an activating group) is 1. The Morgan fingerprint density at radius 3 is 2.81 bits per heavy atom. The van der Waals surface area contributed by atoms with Gasteiger partial charge in [-0.25, -0.2) is 4.98 Å². The maximum absolute atomic E-state index is 11.9. The first-order valence-corrected chi connectivity index (χ1v) is 5.06. The van der Waals surface area contributed by atoms with Gasteiger partial charge in [0.15, 0.2) is 0 Å². The van der Waals surface area contributed by atoms with Crippen LogP contribution in [0.15, 0.2) is 18.3 Å². The quantitative estimate of drug-likeness (QED) is 0.755. The molecule has 0 aliphatic carbocycles. The minimum atomic E-state index is -0.101. The highest BCUT2D eigenvalue weighted by Gasteiger charge is 2.26. The summed E-state index contributed by atoms with van der Waals surface area (Å²) < 4.78 is 0. The van der Waals surface area contributed by atoms with E-state index < -0.39 is 0 Å². The molecule has 5 heteroatoms. The lowest BCUT2D eigenvalue weighted by molar-refractivity contribution is 0.0675. The average molecular weight is 216 g/mol. The van der Waals surface area contributed by atoms with Crippen LogP contribution in [0.1, 0.15) is 16.1 Å². The van der Waals surface area contributed by atoms with E-state index in [4.69, 9.17) is 5.26 Å². The van der Waals surface area contributed by atoms with Crippen LogP contribution >= 0.6 is 0 Å². The lowest BCUT2D eigenvalue weighted by atomic mass is 10.1. The second kappa shape index (κ2) is 4.29. The second-order valence-corrected chi connectivity index (χ2v) is 3.77. The molecule has 5 nitrogen and oxygen atoms in total. The van der Waals surface area contributed by atoms with Crippen molar-refractivity contribution in [2.75, 3.05) is 20.1 Å². The summed E-state index contributed by atoms with van der Waals surface area (Å²) >= 11 is 0. The van der Waals surface area contributed by atoms with Crippen LogP contribution in [-0.4, -0.2) is 42.0 Å². The molecule has 82 valence electrons. The van der Waals surface area contributed by atoms with Crippen molar-refractivity contribution in [3.8, 4) is 6.07 Å². The molecule has 2 heterocycles. The summed E-state index contributed by atoms with van der Waals surface area (Å²) in [4.78, 5) is 17.6. The number of pyridine rings is 1. The largest absolute Gasteiger partial charge is 0.335 e. The fourth-order valence-corrected chi connectivity index (χ4v) is 1.48. The summed E-state index contributed by atoms with van der Waals surface area (Å²) in [7, 11) is 1.77. The third kappa shape index (κ3) is 1.88. The Labute approximate surface area is 93.7 Å². The first kappa shape index (κ1) is 10.6. The molecule has 0 unspecified atom stereocenters. The van der Waals surface area contributed by atoms with Crippen LogP contribution in [0, 0.1) is 11.3 Å². The summed E-state index contributed by atoms with van der Waals surface area (Å²) in [5, 5.41) is 11.7. The van der Waals surface area contributed by atoms with Crippen LogP contribution in [0.3, 0.4) is 0 Å². The maximum atomic E-state index is 11.9. The number of hydrogen-bond donors (Lipinski definition) is 1. The number of nitrogens with zero attached hydrogens (tertiary/aromatic N) is 3. The number of aromatic nitrogens is 1. The molecule has 0 bridgehead atoms. The first-order valence-electron chi connectivity index (χ1n) is 5.06. The fraction of sp³-hybridized carbons (Fsp3) is 0.364. The number of carbonyl (C=O) groups excluding carboxylic acids is 1. The van der Waals surface area contributed by atoms with Gasteiger partial charge in [-0.15, -0.1) is 0 Å². The fourth-order valence-electron chi connectivity index (χ4n) is 1.48. The predicted octanol–water partition coefficient (Wildman–Crippen LogP) is -0.00292. The maximum Gasteiger partial charge on any atom is 0.272 e. The van der Waals surface area contributed by atoms with Crippen LogP contribution in [0.4, 0.5) is 0 Å². The van der Waals surface area contributed by atoms with Crippen LogP contribution in [-0.2, 0) is 0 Å². The number of nitrogens with one attached hydrogen (secondary N) is 1. The van der Waals surface area contributed by atoms with Gasteiger partial charge in [0.1, 0.15) is 11.8 Å². The highest BCUT2D eigenvalue weighted by molar-refractivity contribution is 5.92. The van der Waals surface area contributed by atoms with Crippen molar-refractivity contribution in [2.24, 2.45) is 0 Å². The monoisotopic (exact) mass is 216 g/mol. The molecule has 16 heavy (non-hydrogen) atoms. The Bertz CT molecular complexity index is 430. The van der Waals surface area contributed by atoms with Crippen LogP contribution < -0.4 is 5.32 Å². The number of rotatable bonds is 2. The Morgan fingerprint density at radius 1 is 1.62 bits per heavy atom. The number of amides is 1. The molecule has 0 spiro atoms. The molecular formula is C11H12N4O.